The van der Waals surface area contributed by atoms with Gasteiger partial charge in [0.05, 0.1) is 6.61 Å². The standard InChI is InChI=1S/C5H5F7O/c6-2(3(7)8)1-13-4(9)5(10,11)12/h2-4H,1H2. The Morgan fingerprint density at radius 2 is 1.46 bits per heavy atom. The fourth-order valence-corrected chi connectivity index (χ4v) is 0.344. The van der Waals surface area contributed by atoms with Gasteiger partial charge in [0.15, 0.2) is 6.17 Å². The quantitative estimate of drug-likeness (QED) is 0.653. The molecule has 0 aliphatic heterocycles. The Morgan fingerprint density at radius 1 is 1.00 bits per heavy atom. The number of rotatable bonds is 4. The molecule has 0 radical (unpaired) electrons. The van der Waals surface area contributed by atoms with Gasteiger partial charge in [0.2, 0.25) is 0 Å². The molecule has 0 N–H and O–H groups in total. The molecule has 0 aliphatic carbocycles. The van der Waals surface area contributed by atoms with Gasteiger partial charge in [0.1, 0.15) is 0 Å². The largest absolute Gasteiger partial charge is 0.445 e. The fourth-order valence-electron chi connectivity index (χ4n) is 0.344. The molecule has 0 amide bonds. The van der Waals surface area contributed by atoms with Crippen LogP contribution in [0.1, 0.15) is 0 Å². The van der Waals surface area contributed by atoms with E-state index in [-0.39, 0.29) is 0 Å². The lowest BCUT2D eigenvalue weighted by Crippen LogP contribution is -2.31. The number of ether oxygens (including phenoxy) is 1. The maximum Gasteiger partial charge on any atom is 0.445 e. The first kappa shape index (κ1) is 12.5. The van der Waals surface area contributed by atoms with Crippen molar-refractivity contribution in [2.75, 3.05) is 6.61 Å². The van der Waals surface area contributed by atoms with Crippen molar-refractivity contribution in [3.8, 4) is 0 Å². The summed E-state index contributed by atoms with van der Waals surface area (Å²) in [6.07, 6.45) is -15.5. The van der Waals surface area contributed by atoms with E-state index in [9.17, 15) is 30.7 Å². The number of hydrogen-bond donors (Lipinski definition) is 0. The molecule has 2 atom stereocenters. The van der Waals surface area contributed by atoms with Crippen LogP contribution in [0.15, 0.2) is 0 Å². The molecule has 13 heavy (non-hydrogen) atoms. The van der Waals surface area contributed by atoms with Crippen molar-refractivity contribution in [2.24, 2.45) is 0 Å². The highest BCUT2D eigenvalue weighted by atomic mass is 19.4. The lowest BCUT2D eigenvalue weighted by Gasteiger charge is -2.14. The highest BCUT2D eigenvalue weighted by Gasteiger charge is 2.42. The summed E-state index contributed by atoms with van der Waals surface area (Å²) in [6.45, 7) is -1.63. The third-order valence-corrected chi connectivity index (χ3v) is 0.933. The van der Waals surface area contributed by atoms with Crippen molar-refractivity contribution in [3.05, 3.63) is 0 Å². The van der Waals surface area contributed by atoms with Crippen LogP contribution in [0.5, 0.6) is 0 Å². The van der Waals surface area contributed by atoms with Gasteiger partial charge in [-0.25, -0.2) is 17.6 Å². The molecule has 0 saturated carbocycles. The van der Waals surface area contributed by atoms with Crippen molar-refractivity contribution in [2.45, 2.75) is 25.1 Å². The molecular formula is C5H5F7O. The van der Waals surface area contributed by atoms with Gasteiger partial charge < -0.3 is 4.74 Å². The molecule has 0 spiro atoms. The third kappa shape index (κ3) is 4.91. The first-order valence-electron chi connectivity index (χ1n) is 2.99. The van der Waals surface area contributed by atoms with Crippen LogP contribution in [0.25, 0.3) is 0 Å². The minimum absolute atomic E-state index is 1.63. The minimum Gasteiger partial charge on any atom is -0.338 e. The van der Waals surface area contributed by atoms with E-state index in [1.165, 1.54) is 0 Å². The zero-order chi connectivity index (χ0) is 10.6. The first-order valence-corrected chi connectivity index (χ1v) is 2.99. The van der Waals surface area contributed by atoms with Crippen LogP contribution in [0.4, 0.5) is 30.7 Å². The van der Waals surface area contributed by atoms with Gasteiger partial charge in [-0.15, -0.1) is 0 Å². The van der Waals surface area contributed by atoms with E-state index in [0.29, 0.717) is 0 Å². The molecule has 2 unspecified atom stereocenters. The van der Waals surface area contributed by atoms with Crippen molar-refractivity contribution < 1.29 is 35.5 Å². The molecule has 8 heteroatoms. The molecule has 0 aliphatic rings. The summed E-state index contributed by atoms with van der Waals surface area (Å²) in [6, 6.07) is 0. The van der Waals surface area contributed by atoms with E-state index in [2.05, 4.69) is 4.74 Å². The minimum atomic E-state index is -5.32. The van der Waals surface area contributed by atoms with Crippen molar-refractivity contribution >= 4 is 0 Å². The molecule has 0 bridgehead atoms. The molecule has 0 heterocycles. The van der Waals surface area contributed by atoms with Gasteiger partial charge in [-0.3, -0.25) is 0 Å². The predicted octanol–water partition coefficient (Wildman–Crippen LogP) is 2.46. The molecular weight excluding hydrogens is 209 g/mol. The van der Waals surface area contributed by atoms with Gasteiger partial charge in [-0.05, 0) is 0 Å². The third-order valence-electron chi connectivity index (χ3n) is 0.933. The maximum absolute atomic E-state index is 11.9. The summed E-state index contributed by atoms with van der Waals surface area (Å²) in [5.41, 5.74) is 0. The van der Waals surface area contributed by atoms with Crippen molar-refractivity contribution in [1.82, 2.24) is 0 Å². The molecule has 0 rings (SSSR count). The Balaban J connectivity index is 3.77. The van der Waals surface area contributed by atoms with Gasteiger partial charge in [-0.1, -0.05) is 0 Å². The van der Waals surface area contributed by atoms with E-state index in [0.717, 1.165) is 0 Å². The molecule has 0 aromatic carbocycles. The Labute approximate surface area is 68.5 Å². The highest BCUT2D eigenvalue weighted by molar-refractivity contribution is 4.60. The molecule has 80 valence electrons. The van der Waals surface area contributed by atoms with Crippen LogP contribution in [-0.4, -0.2) is 31.7 Å². The lowest BCUT2D eigenvalue weighted by molar-refractivity contribution is -0.269. The maximum atomic E-state index is 11.9. The Hall–Kier alpha value is -0.530. The van der Waals surface area contributed by atoms with E-state index in [1.807, 2.05) is 0 Å². The monoisotopic (exact) mass is 214 g/mol. The van der Waals surface area contributed by atoms with Crippen LogP contribution in [-0.2, 0) is 4.74 Å². The lowest BCUT2D eigenvalue weighted by atomic mass is 10.4. The Kier molecular flexibility index (Phi) is 4.45. The van der Waals surface area contributed by atoms with Gasteiger partial charge in [-0.2, -0.15) is 13.2 Å². The van der Waals surface area contributed by atoms with E-state index in [4.69, 9.17) is 0 Å². The molecule has 0 fully saturated rings. The normalized spacial score (nSPS) is 17.5. The summed E-state index contributed by atoms with van der Waals surface area (Å²) in [7, 11) is 0. The summed E-state index contributed by atoms with van der Waals surface area (Å²) in [5.74, 6) is 0. The predicted molar refractivity (Wildman–Crippen MR) is 27.8 cm³/mol. The second-order valence-corrected chi connectivity index (χ2v) is 2.04. The molecule has 0 saturated heterocycles. The van der Waals surface area contributed by atoms with Gasteiger partial charge in [0, 0.05) is 0 Å². The fraction of sp³-hybridized carbons (Fsp3) is 1.00. The summed E-state index contributed by atoms with van der Waals surface area (Å²) >= 11 is 0. The van der Waals surface area contributed by atoms with Crippen LogP contribution in [0, 0.1) is 0 Å². The smallest absolute Gasteiger partial charge is 0.338 e. The summed E-state index contributed by atoms with van der Waals surface area (Å²) in [4.78, 5) is 0. The van der Waals surface area contributed by atoms with Crippen LogP contribution >= 0.6 is 0 Å². The van der Waals surface area contributed by atoms with E-state index < -0.39 is 31.7 Å². The second kappa shape index (κ2) is 4.64. The van der Waals surface area contributed by atoms with E-state index >= 15 is 0 Å². The Morgan fingerprint density at radius 3 is 1.77 bits per heavy atom. The topological polar surface area (TPSA) is 9.23 Å². The number of hydrogen-bond acceptors (Lipinski definition) is 1. The van der Waals surface area contributed by atoms with Gasteiger partial charge >= 0.3 is 6.18 Å². The summed E-state index contributed by atoms with van der Waals surface area (Å²) < 4.78 is 83.3. The number of halogens is 7. The molecule has 0 aromatic heterocycles. The zero-order valence-electron chi connectivity index (χ0n) is 5.99. The van der Waals surface area contributed by atoms with Gasteiger partial charge in [0.25, 0.3) is 12.8 Å². The first-order chi connectivity index (χ1) is 5.75. The number of alkyl halides is 7. The molecule has 1 nitrogen and oxygen atoms in total. The highest BCUT2D eigenvalue weighted by Crippen LogP contribution is 2.24. The van der Waals surface area contributed by atoms with Crippen molar-refractivity contribution in [1.29, 1.82) is 0 Å². The van der Waals surface area contributed by atoms with E-state index in [1.54, 1.807) is 0 Å². The average Bonchev–Trinajstić information content (AvgIpc) is 1.97. The average molecular weight is 214 g/mol. The van der Waals surface area contributed by atoms with Crippen molar-refractivity contribution in [3.63, 3.8) is 0 Å². The van der Waals surface area contributed by atoms with Crippen LogP contribution in [0.3, 0.4) is 0 Å². The summed E-state index contributed by atoms with van der Waals surface area (Å²) in [5, 5.41) is 0. The van der Waals surface area contributed by atoms with Crippen LogP contribution in [0.2, 0.25) is 0 Å². The Bertz CT molecular complexity index is 144. The van der Waals surface area contributed by atoms with Crippen LogP contribution < -0.4 is 0 Å². The zero-order valence-corrected chi connectivity index (χ0v) is 5.99. The SMILES string of the molecule is FC(F)C(F)COC(F)C(F)(F)F. The molecule has 0 aromatic rings. The second-order valence-electron chi connectivity index (χ2n) is 2.04.